The van der Waals surface area contributed by atoms with Gasteiger partial charge in [-0.1, -0.05) is 48.5 Å². The van der Waals surface area contributed by atoms with Gasteiger partial charge in [0.05, 0.1) is 12.1 Å². The average molecular weight is 453 g/mol. The lowest BCUT2D eigenvalue weighted by Gasteiger charge is -2.11. The summed E-state index contributed by atoms with van der Waals surface area (Å²) >= 11 is 2.32. The number of esters is 1. The van der Waals surface area contributed by atoms with Gasteiger partial charge in [-0.3, -0.25) is 0 Å². The van der Waals surface area contributed by atoms with Crippen LogP contribution in [0.3, 0.4) is 0 Å². The number of ether oxygens (including phenoxy) is 1. The van der Waals surface area contributed by atoms with E-state index >= 15 is 0 Å². The Labute approximate surface area is 165 Å². The number of hydrogen-bond donors (Lipinski definition) is 0. The molecular formula is C22H16INO2. The standard InChI is InChI=1S/C22H16INO2/c1-2-26-22(25)20-11-10-15-12-16(23)13-19(21(15)24-20)18-9-5-7-14-6-3-4-8-17(14)18/h3-13H,2H2,1H3. The van der Waals surface area contributed by atoms with Gasteiger partial charge < -0.3 is 4.74 Å². The third-order valence-electron chi connectivity index (χ3n) is 4.32. The lowest BCUT2D eigenvalue weighted by Crippen LogP contribution is -2.07. The molecule has 0 aliphatic carbocycles. The Morgan fingerprint density at radius 1 is 0.962 bits per heavy atom. The van der Waals surface area contributed by atoms with Crippen LogP contribution in [0.2, 0.25) is 0 Å². The Bertz CT molecular complexity index is 1130. The number of pyridine rings is 1. The molecule has 4 aromatic rings. The highest BCUT2D eigenvalue weighted by Crippen LogP contribution is 2.34. The molecular weight excluding hydrogens is 437 g/mol. The van der Waals surface area contributed by atoms with Gasteiger partial charge in [-0.2, -0.15) is 0 Å². The minimum atomic E-state index is -0.392. The zero-order valence-electron chi connectivity index (χ0n) is 14.2. The molecule has 0 bridgehead atoms. The molecule has 26 heavy (non-hydrogen) atoms. The topological polar surface area (TPSA) is 39.2 Å². The number of hydrogen-bond acceptors (Lipinski definition) is 3. The first kappa shape index (κ1) is 17.0. The van der Waals surface area contributed by atoms with Gasteiger partial charge in [0, 0.05) is 14.5 Å². The van der Waals surface area contributed by atoms with E-state index in [1.807, 2.05) is 18.2 Å². The van der Waals surface area contributed by atoms with Crippen LogP contribution in [0.5, 0.6) is 0 Å². The monoisotopic (exact) mass is 453 g/mol. The first-order valence-electron chi connectivity index (χ1n) is 8.43. The lowest BCUT2D eigenvalue weighted by molar-refractivity contribution is 0.0520. The van der Waals surface area contributed by atoms with Crippen molar-refractivity contribution in [1.29, 1.82) is 0 Å². The van der Waals surface area contributed by atoms with Crippen molar-refractivity contribution in [3.05, 3.63) is 76.0 Å². The van der Waals surface area contributed by atoms with Crippen LogP contribution in [0.4, 0.5) is 0 Å². The Balaban J connectivity index is 2.01. The van der Waals surface area contributed by atoms with Gasteiger partial charge >= 0.3 is 5.97 Å². The van der Waals surface area contributed by atoms with Gasteiger partial charge in [0.25, 0.3) is 0 Å². The van der Waals surface area contributed by atoms with E-state index in [4.69, 9.17) is 4.74 Å². The second-order valence-electron chi connectivity index (χ2n) is 5.97. The van der Waals surface area contributed by atoms with E-state index in [1.165, 1.54) is 10.8 Å². The van der Waals surface area contributed by atoms with E-state index in [1.54, 1.807) is 13.0 Å². The Kier molecular flexibility index (Phi) is 4.59. The molecule has 1 aromatic heterocycles. The molecule has 3 aromatic carbocycles. The number of carbonyl (C=O) groups excluding carboxylic acids is 1. The van der Waals surface area contributed by atoms with Crippen molar-refractivity contribution < 1.29 is 9.53 Å². The Morgan fingerprint density at radius 3 is 2.62 bits per heavy atom. The molecule has 4 heteroatoms. The largest absolute Gasteiger partial charge is 0.461 e. The van der Waals surface area contributed by atoms with Crippen LogP contribution in [-0.4, -0.2) is 17.6 Å². The maximum Gasteiger partial charge on any atom is 0.356 e. The van der Waals surface area contributed by atoms with Crippen LogP contribution in [0.1, 0.15) is 17.4 Å². The fourth-order valence-corrected chi connectivity index (χ4v) is 3.83. The summed E-state index contributed by atoms with van der Waals surface area (Å²) in [5.74, 6) is -0.392. The van der Waals surface area contributed by atoms with Crippen LogP contribution in [0, 0.1) is 3.57 Å². The summed E-state index contributed by atoms with van der Waals surface area (Å²) in [6.45, 7) is 2.13. The highest BCUT2D eigenvalue weighted by Gasteiger charge is 2.14. The summed E-state index contributed by atoms with van der Waals surface area (Å²) in [5, 5.41) is 3.35. The molecule has 0 spiro atoms. The van der Waals surface area contributed by atoms with Crippen molar-refractivity contribution in [3.8, 4) is 11.1 Å². The van der Waals surface area contributed by atoms with Gasteiger partial charge in [-0.25, -0.2) is 9.78 Å². The fourth-order valence-electron chi connectivity index (χ4n) is 3.18. The van der Waals surface area contributed by atoms with Gasteiger partial charge in [0.15, 0.2) is 0 Å². The van der Waals surface area contributed by atoms with Crippen molar-refractivity contribution in [2.75, 3.05) is 6.61 Å². The predicted molar refractivity (Wildman–Crippen MR) is 113 cm³/mol. The molecule has 0 N–H and O–H groups in total. The van der Waals surface area contributed by atoms with E-state index in [0.29, 0.717) is 12.3 Å². The first-order valence-corrected chi connectivity index (χ1v) is 9.51. The Hall–Kier alpha value is -2.47. The van der Waals surface area contributed by atoms with Crippen LogP contribution >= 0.6 is 22.6 Å². The highest BCUT2D eigenvalue weighted by molar-refractivity contribution is 14.1. The predicted octanol–water partition coefficient (Wildman–Crippen LogP) is 5.84. The molecule has 0 radical (unpaired) electrons. The molecule has 0 amide bonds. The van der Waals surface area contributed by atoms with E-state index < -0.39 is 5.97 Å². The summed E-state index contributed by atoms with van der Waals surface area (Å²) in [7, 11) is 0. The number of nitrogens with zero attached hydrogens (tertiary/aromatic N) is 1. The number of benzene rings is 3. The molecule has 0 saturated heterocycles. The van der Waals surface area contributed by atoms with E-state index in [-0.39, 0.29) is 0 Å². The second kappa shape index (κ2) is 7.03. The summed E-state index contributed by atoms with van der Waals surface area (Å²) in [6.07, 6.45) is 0. The lowest BCUT2D eigenvalue weighted by atomic mass is 9.96. The maximum atomic E-state index is 12.1. The van der Waals surface area contributed by atoms with Gasteiger partial charge in [0.2, 0.25) is 0 Å². The summed E-state index contributed by atoms with van der Waals surface area (Å²) in [6, 6.07) is 22.4. The zero-order chi connectivity index (χ0) is 18.1. The third-order valence-corrected chi connectivity index (χ3v) is 4.94. The van der Waals surface area contributed by atoms with Crippen LogP contribution in [0.15, 0.2) is 66.7 Å². The number of rotatable bonds is 3. The SMILES string of the molecule is CCOC(=O)c1ccc2cc(I)cc(-c3cccc4ccccc34)c2n1. The normalized spacial score (nSPS) is 11.0. The minimum Gasteiger partial charge on any atom is -0.461 e. The average Bonchev–Trinajstić information content (AvgIpc) is 2.66. The van der Waals surface area contributed by atoms with Gasteiger partial charge in [0.1, 0.15) is 5.69 Å². The smallest absolute Gasteiger partial charge is 0.356 e. The highest BCUT2D eigenvalue weighted by atomic mass is 127. The van der Waals surface area contributed by atoms with Gasteiger partial charge in [-0.15, -0.1) is 0 Å². The summed E-state index contributed by atoms with van der Waals surface area (Å²) < 4.78 is 6.24. The molecule has 0 atom stereocenters. The number of carbonyl (C=O) groups is 1. The van der Waals surface area contributed by atoms with E-state index in [2.05, 4.69) is 70.0 Å². The van der Waals surface area contributed by atoms with Crippen molar-refractivity contribution in [2.24, 2.45) is 0 Å². The molecule has 0 aliphatic rings. The summed E-state index contributed by atoms with van der Waals surface area (Å²) in [4.78, 5) is 16.8. The third kappa shape index (κ3) is 3.05. The molecule has 4 rings (SSSR count). The fraction of sp³-hybridized carbons (Fsp3) is 0.0909. The first-order chi connectivity index (χ1) is 12.7. The van der Waals surface area contributed by atoms with E-state index in [0.717, 1.165) is 25.6 Å². The molecule has 0 aliphatic heterocycles. The van der Waals surface area contributed by atoms with Crippen molar-refractivity contribution in [2.45, 2.75) is 6.92 Å². The molecule has 128 valence electrons. The van der Waals surface area contributed by atoms with Crippen LogP contribution in [0.25, 0.3) is 32.8 Å². The van der Waals surface area contributed by atoms with Crippen molar-refractivity contribution in [1.82, 2.24) is 4.98 Å². The number of halogens is 1. The maximum absolute atomic E-state index is 12.1. The molecule has 0 saturated carbocycles. The summed E-state index contributed by atoms with van der Waals surface area (Å²) in [5.41, 5.74) is 3.28. The number of fused-ring (bicyclic) bond motifs is 2. The molecule has 1 heterocycles. The van der Waals surface area contributed by atoms with E-state index in [9.17, 15) is 4.79 Å². The zero-order valence-corrected chi connectivity index (χ0v) is 16.4. The minimum absolute atomic E-state index is 0.335. The quantitative estimate of drug-likeness (QED) is 0.289. The molecule has 0 unspecified atom stereocenters. The van der Waals surface area contributed by atoms with Gasteiger partial charge in [-0.05, 0) is 64.0 Å². The van der Waals surface area contributed by atoms with Crippen LogP contribution < -0.4 is 0 Å². The Morgan fingerprint density at radius 2 is 1.77 bits per heavy atom. The molecule has 3 nitrogen and oxygen atoms in total. The van der Waals surface area contributed by atoms with Crippen molar-refractivity contribution in [3.63, 3.8) is 0 Å². The van der Waals surface area contributed by atoms with Crippen molar-refractivity contribution >= 4 is 50.2 Å². The number of aromatic nitrogens is 1. The molecule has 0 fully saturated rings. The van der Waals surface area contributed by atoms with Crippen LogP contribution in [-0.2, 0) is 4.74 Å². The second-order valence-corrected chi connectivity index (χ2v) is 7.21.